The highest BCUT2D eigenvalue weighted by Gasteiger charge is 2.53. The lowest BCUT2D eigenvalue weighted by molar-refractivity contribution is -0.136. The molecule has 1 heterocycles. The molecule has 0 spiro atoms. The first-order valence-corrected chi connectivity index (χ1v) is 11.3. The Kier molecular flexibility index (Phi) is 5.55. The molecule has 1 aliphatic carbocycles. The lowest BCUT2D eigenvalue weighted by Gasteiger charge is -2.49. The predicted octanol–water partition coefficient (Wildman–Crippen LogP) is 6.30. The normalized spacial score (nSPS) is 25.0. The molecule has 160 valence electrons. The molecule has 3 aromatic carbocycles. The maximum Gasteiger partial charge on any atom is 0.150 e. The first-order chi connectivity index (χ1) is 15.7. The van der Waals surface area contributed by atoms with Crippen molar-refractivity contribution in [3.63, 3.8) is 0 Å². The Hall–Kier alpha value is -3.35. The number of benzene rings is 3. The van der Waals surface area contributed by atoms with Gasteiger partial charge in [-0.1, -0.05) is 90.7 Å². The Labute approximate surface area is 190 Å². The Morgan fingerprint density at radius 3 is 2.00 bits per heavy atom. The lowest BCUT2D eigenvalue weighted by atomic mass is 9.68. The second kappa shape index (κ2) is 8.65. The van der Waals surface area contributed by atoms with Crippen molar-refractivity contribution >= 4 is 11.5 Å². The number of hydroxylamine groups is 1. The fourth-order valence-electron chi connectivity index (χ4n) is 4.53. The van der Waals surface area contributed by atoms with E-state index in [1.165, 1.54) is 0 Å². The highest BCUT2D eigenvalue weighted by Crippen LogP contribution is 2.52. The number of anilines is 1. The summed E-state index contributed by atoms with van der Waals surface area (Å²) >= 11 is 0. The third kappa shape index (κ3) is 3.95. The van der Waals surface area contributed by atoms with E-state index in [0.717, 1.165) is 29.7 Å². The monoisotopic (exact) mass is 421 g/mol. The van der Waals surface area contributed by atoms with Gasteiger partial charge in [-0.2, -0.15) is 0 Å². The van der Waals surface area contributed by atoms with Crippen LogP contribution in [0, 0.1) is 23.2 Å². The summed E-state index contributed by atoms with van der Waals surface area (Å²) in [5, 5.41) is 1.93. The zero-order valence-electron chi connectivity index (χ0n) is 18.3. The highest BCUT2D eigenvalue weighted by atomic mass is 16.7. The third-order valence-corrected chi connectivity index (χ3v) is 6.45. The summed E-state index contributed by atoms with van der Waals surface area (Å²) in [7, 11) is 0. The molecule has 0 unspecified atom stereocenters. The van der Waals surface area contributed by atoms with Gasteiger partial charge in [0.05, 0.1) is 5.69 Å². The van der Waals surface area contributed by atoms with E-state index < -0.39 is 5.41 Å². The number of carbonyl (C=O) groups is 1. The van der Waals surface area contributed by atoms with Gasteiger partial charge in [0.15, 0.2) is 5.78 Å². The molecule has 0 bridgehead atoms. The fourth-order valence-corrected chi connectivity index (χ4v) is 4.53. The van der Waals surface area contributed by atoms with Crippen molar-refractivity contribution in [3.8, 4) is 11.8 Å². The summed E-state index contributed by atoms with van der Waals surface area (Å²) in [5.41, 5.74) is 2.13. The molecule has 3 nitrogen and oxygen atoms in total. The summed E-state index contributed by atoms with van der Waals surface area (Å²) < 4.78 is 0. The highest BCUT2D eigenvalue weighted by molar-refractivity contribution is 5.88. The van der Waals surface area contributed by atoms with Gasteiger partial charge in [-0.25, -0.2) is 5.06 Å². The number of rotatable bonds is 4. The molecule has 1 saturated carbocycles. The molecule has 5 rings (SSSR count). The maximum atomic E-state index is 13.5. The van der Waals surface area contributed by atoms with Gasteiger partial charge in [-0.15, -0.1) is 0 Å². The topological polar surface area (TPSA) is 29.5 Å². The SMILES string of the molecule is CC(=O)[C@]1(C#CC2CC2)C[C@H](c2ccccc2)ON(c2ccccc2)[C@@H]1c1ccccc1. The molecule has 2 aliphatic rings. The Morgan fingerprint density at radius 2 is 1.44 bits per heavy atom. The first-order valence-electron chi connectivity index (χ1n) is 11.3. The summed E-state index contributed by atoms with van der Waals surface area (Å²) in [4.78, 5) is 20.2. The molecule has 1 aliphatic heterocycles. The standard InChI is InChI=1S/C29H27NO2/c1-22(31)29(20-19-23-17-18-23)21-27(24-11-5-2-6-12-24)32-30(26-15-9-4-10-16-26)28(29)25-13-7-3-8-14-25/h2-16,23,27-28H,17-18,21H2,1H3/t27-,28-,29+/m1/s1. The van der Waals surface area contributed by atoms with Crippen molar-refractivity contribution in [2.45, 2.75) is 38.3 Å². The van der Waals surface area contributed by atoms with Crippen LogP contribution in [0.25, 0.3) is 0 Å². The Balaban J connectivity index is 1.71. The van der Waals surface area contributed by atoms with Gasteiger partial charge in [-0.05, 0) is 43.0 Å². The molecule has 3 aromatic rings. The van der Waals surface area contributed by atoms with Crippen LogP contribution in [-0.2, 0) is 9.63 Å². The molecule has 0 radical (unpaired) electrons. The van der Waals surface area contributed by atoms with E-state index in [1.54, 1.807) is 6.92 Å². The summed E-state index contributed by atoms with van der Waals surface area (Å²) in [5.74, 6) is 7.46. The number of hydrogen-bond donors (Lipinski definition) is 0. The maximum absolute atomic E-state index is 13.5. The van der Waals surface area contributed by atoms with E-state index >= 15 is 0 Å². The van der Waals surface area contributed by atoms with E-state index in [2.05, 4.69) is 36.1 Å². The summed E-state index contributed by atoms with van der Waals surface area (Å²) in [6, 6.07) is 30.0. The van der Waals surface area contributed by atoms with Crippen LogP contribution in [-0.4, -0.2) is 5.78 Å². The smallest absolute Gasteiger partial charge is 0.150 e. The summed E-state index contributed by atoms with van der Waals surface area (Å²) in [6.07, 6.45) is 2.50. The molecule has 1 saturated heterocycles. The van der Waals surface area contributed by atoms with Gasteiger partial charge >= 0.3 is 0 Å². The molecule has 0 N–H and O–H groups in total. The number of para-hydroxylation sites is 1. The Bertz CT molecular complexity index is 1130. The minimum atomic E-state index is -0.876. The van der Waals surface area contributed by atoms with Crippen molar-refractivity contribution in [2.24, 2.45) is 11.3 Å². The van der Waals surface area contributed by atoms with Crippen molar-refractivity contribution in [1.29, 1.82) is 0 Å². The minimum absolute atomic E-state index is 0.0877. The number of hydrogen-bond acceptors (Lipinski definition) is 3. The number of nitrogens with zero attached hydrogens (tertiary/aromatic N) is 1. The largest absolute Gasteiger partial charge is 0.298 e. The van der Waals surface area contributed by atoms with Crippen molar-refractivity contribution < 1.29 is 9.63 Å². The minimum Gasteiger partial charge on any atom is -0.298 e. The molecule has 0 amide bonds. The van der Waals surface area contributed by atoms with E-state index in [0.29, 0.717) is 12.3 Å². The van der Waals surface area contributed by atoms with Crippen molar-refractivity contribution in [1.82, 2.24) is 0 Å². The number of ketones is 1. The molecule has 3 heteroatoms. The number of carbonyl (C=O) groups excluding carboxylic acids is 1. The molecule has 0 aromatic heterocycles. The number of Topliss-reactive ketones (excluding diaryl/α,β-unsaturated/α-hetero) is 1. The molecular weight excluding hydrogens is 394 g/mol. The van der Waals surface area contributed by atoms with Gasteiger partial charge in [0.1, 0.15) is 17.6 Å². The van der Waals surface area contributed by atoms with Crippen molar-refractivity contribution in [2.75, 3.05) is 5.06 Å². The Morgan fingerprint density at radius 1 is 0.875 bits per heavy atom. The molecule has 32 heavy (non-hydrogen) atoms. The van der Waals surface area contributed by atoms with E-state index in [4.69, 9.17) is 4.84 Å². The zero-order chi connectivity index (χ0) is 22.0. The van der Waals surface area contributed by atoms with E-state index in [1.807, 2.05) is 71.8 Å². The first kappa shape index (κ1) is 20.5. The van der Waals surface area contributed by atoms with Crippen LogP contribution in [0.15, 0.2) is 91.0 Å². The van der Waals surface area contributed by atoms with Crippen molar-refractivity contribution in [3.05, 3.63) is 102 Å². The van der Waals surface area contributed by atoms with Crippen LogP contribution in [0.1, 0.15) is 49.5 Å². The van der Waals surface area contributed by atoms with Crippen LogP contribution in [0.2, 0.25) is 0 Å². The van der Waals surface area contributed by atoms with Crippen LogP contribution >= 0.6 is 0 Å². The average molecular weight is 422 g/mol. The molecule has 2 fully saturated rings. The van der Waals surface area contributed by atoms with E-state index in [-0.39, 0.29) is 17.9 Å². The quantitative estimate of drug-likeness (QED) is 0.463. The van der Waals surface area contributed by atoms with Gasteiger partial charge in [-0.3, -0.25) is 9.63 Å². The third-order valence-electron chi connectivity index (χ3n) is 6.45. The van der Waals surface area contributed by atoms with Gasteiger partial charge < -0.3 is 0 Å². The predicted molar refractivity (Wildman–Crippen MR) is 127 cm³/mol. The fraction of sp³-hybridized carbons (Fsp3) is 0.276. The second-order valence-corrected chi connectivity index (χ2v) is 8.75. The lowest BCUT2D eigenvalue weighted by Crippen LogP contribution is -2.51. The second-order valence-electron chi connectivity index (χ2n) is 8.75. The average Bonchev–Trinajstić information content (AvgIpc) is 3.68. The molecular formula is C29H27NO2. The van der Waals surface area contributed by atoms with Crippen LogP contribution < -0.4 is 5.06 Å². The zero-order valence-corrected chi connectivity index (χ0v) is 18.3. The van der Waals surface area contributed by atoms with Gasteiger partial charge in [0, 0.05) is 12.3 Å². The van der Waals surface area contributed by atoms with Crippen LogP contribution in [0.3, 0.4) is 0 Å². The van der Waals surface area contributed by atoms with Crippen LogP contribution in [0.5, 0.6) is 0 Å². The van der Waals surface area contributed by atoms with E-state index in [9.17, 15) is 4.79 Å². The summed E-state index contributed by atoms with van der Waals surface area (Å²) in [6.45, 7) is 1.69. The van der Waals surface area contributed by atoms with Crippen LogP contribution in [0.4, 0.5) is 5.69 Å². The van der Waals surface area contributed by atoms with Gasteiger partial charge in [0.25, 0.3) is 0 Å². The van der Waals surface area contributed by atoms with Gasteiger partial charge in [0.2, 0.25) is 0 Å². The molecule has 3 atom stereocenters.